The zero-order valence-electron chi connectivity index (χ0n) is 19.1. The molecular weight excluding hydrogens is 405 g/mol. The third-order valence-electron chi connectivity index (χ3n) is 6.27. The van der Waals surface area contributed by atoms with Gasteiger partial charge in [-0.1, -0.05) is 32.3 Å². The molecule has 1 aliphatic rings. The van der Waals surface area contributed by atoms with Gasteiger partial charge in [0.25, 0.3) is 0 Å². The van der Waals surface area contributed by atoms with Gasteiger partial charge < -0.3 is 16.0 Å². The summed E-state index contributed by atoms with van der Waals surface area (Å²) in [7, 11) is 1.91. The first-order chi connectivity index (χ1) is 15.5. The van der Waals surface area contributed by atoms with E-state index >= 15 is 0 Å². The zero-order valence-corrected chi connectivity index (χ0v) is 19.1. The lowest BCUT2D eigenvalue weighted by Crippen LogP contribution is -2.41. The van der Waals surface area contributed by atoms with Gasteiger partial charge in [0.1, 0.15) is 6.07 Å². The standard InChI is InChI=1S/C24H32FN7/c1-4-17-8-5-6-11-22(17)32(3)24-19(25)14-18(15-27)23(30-24)29-20-9-7-10-21(16(20)2)31-28-13-12-26/h7,9-10,14,17,22H,4-6,8,11-13,26H2,1-3H3,(H,29,30). The Bertz CT molecular complexity index is 999. The quantitative estimate of drug-likeness (QED) is 0.524. The van der Waals surface area contributed by atoms with Gasteiger partial charge >= 0.3 is 0 Å². The first-order valence-corrected chi connectivity index (χ1v) is 11.3. The Labute approximate surface area is 189 Å². The first kappa shape index (κ1) is 23.6. The molecule has 32 heavy (non-hydrogen) atoms. The number of nitrogens with zero attached hydrogens (tertiary/aromatic N) is 5. The molecule has 0 spiro atoms. The third kappa shape index (κ3) is 5.22. The highest BCUT2D eigenvalue weighted by Crippen LogP contribution is 2.35. The van der Waals surface area contributed by atoms with E-state index < -0.39 is 5.82 Å². The number of nitrogens with two attached hydrogens (primary N) is 1. The molecule has 2 unspecified atom stereocenters. The summed E-state index contributed by atoms with van der Waals surface area (Å²) < 4.78 is 15.0. The second kappa shape index (κ2) is 11.0. The van der Waals surface area contributed by atoms with Crippen LogP contribution in [0.25, 0.3) is 0 Å². The van der Waals surface area contributed by atoms with Gasteiger partial charge in [0.05, 0.1) is 17.8 Å². The molecule has 0 aliphatic heterocycles. The predicted molar refractivity (Wildman–Crippen MR) is 126 cm³/mol. The zero-order chi connectivity index (χ0) is 23.1. The van der Waals surface area contributed by atoms with Gasteiger partial charge in [0.2, 0.25) is 0 Å². The second-order valence-electron chi connectivity index (χ2n) is 8.26. The number of rotatable bonds is 8. The summed E-state index contributed by atoms with van der Waals surface area (Å²) >= 11 is 0. The Balaban J connectivity index is 1.94. The summed E-state index contributed by atoms with van der Waals surface area (Å²) in [6, 6.07) is 9.15. The number of anilines is 3. The van der Waals surface area contributed by atoms with Gasteiger partial charge in [0.15, 0.2) is 17.5 Å². The number of nitriles is 1. The lowest BCUT2D eigenvalue weighted by molar-refractivity contribution is 0.290. The Morgan fingerprint density at radius 2 is 2.12 bits per heavy atom. The maximum absolute atomic E-state index is 15.0. The molecule has 7 nitrogen and oxygen atoms in total. The van der Waals surface area contributed by atoms with Crippen molar-refractivity contribution >= 4 is 23.0 Å². The fourth-order valence-corrected chi connectivity index (χ4v) is 4.42. The number of azo groups is 1. The molecule has 3 rings (SSSR count). The van der Waals surface area contributed by atoms with Crippen LogP contribution in [0.1, 0.15) is 50.2 Å². The number of nitrogens with one attached hydrogen (secondary N) is 1. The molecule has 0 saturated heterocycles. The fourth-order valence-electron chi connectivity index (χ4n) is 4.42. The van der Waals surface area contributed by atoms with E-state index in [4.69, 9.17) is 5.73 Å². The van der Waals surface area contributed by atoms with E-state index in [1.165, 1.54) is 12.5 Å². The number of aromatic nitrogens is 1. The monoisotopic (exact) mass is 437 g/mol. The Morgan fingerprint density at radius 3 is 2.84 bits per heavy atom. The van der Waals surface area contributed by atoms with Crippen molar-refractivity contribution in [3.63, 3.8) is 0 Å². The highest BCUT2D eigenvalue weighted by molar-refractivity contribution is 5.71. The molecule has 3 N–H and O–H groups in total. The minimum absolute atomic E-state index is 0.157. The van der Waals surface area contributed by atoms with E-state index in [1.807, 2.05) is 37.1 Å². The molecule has 1 aromatic heterocycles. The summed E-state index contributed by atoms with van der Waals surface area (Å²) in [4.78, 5) is 6.53. The second-order valence-corrected chi connectivity index (χ2v) is 8.26. The molecule has 8 heteroatoms. The highest BCUT2D eigenvalue weighted by Gasteiger charge is 2.29. The van der Waals surface area contributed by atoms with Gasteiger partial charge in [0, 0.05) is 30.9 Å². The first-order valence-electron chi connectivity index (χ1n) is 11.3. The van der Waals surface area contributed by atoms with Gasteiger partial charge in [-0.15, -0.1) is 0 Å². The van der Waals surface area contributed by atoms with Crippen LogP contribution in [0, 0.1) is 30.0 Å². The molecular formula is C24H32FN7. The molecule has 1 saturated carbocycles. The summed E-state index contributed by atoms with van der Waals surface area (Å²) in [5.74, 6) is 0.642. The van der Waals surface area contributed by atoms with Crippen LogP contribution >= 0.6 is 0 Å². The third-order valence-corrected chi connectivity index (χ3v) is 6.27. The van der Waals surface area contributed by atoms with Gasteiger partial charge in [-0.05, 0) is 43.9 Å². The van der Waals surface area contributed by atoms with Gasteiger partial charge in [-0.25, -0.2) is 9.37 Å². The van der Waals surface area contributed by atoms with Gasteiger partial charge in [-0.2, -0.15) is 15.5 Å². The maximum atomic E-state index is 15.0. The van der Waals surface area contributed by atoms with Crippen molar-refractivity contribution in [3.05, 3.63) is 41.2 Å². The maximum Gasteiger partial charge on any atom is 0.167 e. The van der Waals surface area contributed by atoms with Crippen LogP contribution in [-0.2, 0) is 0 Å². The normalized spacial score (nSPS) is 18.5. The Morgan fingerprint density at radius 1 is 1.34 bits per heavy atom. The molecule has 1 heterocycles. The van der Waals surface area contributed by atoms with Crippen molar-refractivity contribution < 1.29 is 4.39 Å². The summed E-state index contributed by atoms with van der Waals surface area (Å²) in [5.41, 5.74) is 7.93. The van der Waals surface area contributed by atoms with E-state index in [0.717, 1.165) is 36.9 Å². The lowest BCUT2D eigenvalue weighted by atomic mass is 9.82. The fraction of sp³-hybridized carbons (Fsp3) is 0.500. The van der Waals surface area contributed by atoms with Crippen LogP contribution in [0.15, 0.2) is 34.5 Å². The van der Waals surface area contributed by atoms with Crippen molar-refractivity contribution in [2.24, 2.45) is 21.9 Å². The number of halogens is 1. The van der Waals surface area contributed by atoms with E-state index in [-0.39, 0.29) is 17.4 Å². The smallest absolute Gasteiger partial charge is 0.167 e. The van der Waals surface area contributed by atoms with Crippen molar-refractivity contribution in [2.75, 3.05) is 30.4 Å². The number of pyridine rings is 1. The van der Waals surface area contributed by atoms with E-state index in [9.17, 15) is 9.65 Å². The van der Waals surface area contributed by atoms with Crippen LogP contribution in [0.3, 0.4) is 0 Å². The van der Waals surface area contributed by atoms with Crippen molar-refractivity contribution in [1.82, 2.24) is 4.98 Å². The molecule has 1 aliphatic carbocycles. The van der Waals surface area contributed by atoms with Gasteiger partial charge in [-0.3, -0.25) is 0 Å². The summed E-state index contributed by atoms with van der Waals surface area (Å²) in [5, 5.41) is 21.1. The van der Waals surface area contributed by atoms with Crippen LogP contribution in [0.2, 0.25) is 0 Å². The van der Waals surface area contributed by atoms with Crippen molar-refractivity contribution in [3.8, 4) is 6.07 Å². The molecule has 170 valence electrons. The number of hydrogen-bond donors (Lipinski definition) is 2. The number of benzene rings is 1. The highest BCUT2D eigenvalue weighted by atomic mass is 19.1. The van der Waals surface area contributed by atoms with Crippen molar-refractivity contribution in [1.29, 1.82) is 5.26 Å². The minimum atomic E-state index is -0.476. The van der Waals surface area contributed by atoms with E-state index in [1.54, 1.807) is 0 Å². The van der Waals surface area contributed by atoms with Crippen LogP contribution < -0.4 is 16.0 Å². The molecule has 2 aromatic rings. The Kier molecular flexibility index (Phi) is 8.12. The molecule has 0 bridgehead atoms. The Hall–Kier alpha value is -3.05. The van der Waals surface area contributed by atoms with Crippen LogP contribution in [0.5, 0.6) is 0 Å². The topological polar surface area (TPSA) is 103 Å². The summed E-state index contributed by atoms with van der Waals surface area (Å²) in [6.07, 6.45) is 5.59. The number of hydrogen-bond acceptors (Lipinski definition) is 7. The molecule has 0 radical (unpaired) electrons. The molecule has 1 aromatic carbocycles. The van der Waals surface area contributed by atoms with E-state index in [0.29, 0.717) is 30.5 Å². The van der Waals surface area contributed by atoms with Crippen LogP contribution in [0.4, 0.5) is 27.4 Å². The minimum Gasteiger partial charge on any atom is -0.354 e. The van der Waals surface area contributed by atoms with E-state index in [2.05, 4.69) is 33.5 Å². The molecule has 1 fully saturated rings. The molecule has 2 atom stereocenters. The average molecular weight is 438 g/mol. The average Bonchev–Trinajstić information content (AvgIpc) is 2.81. The largest absolute Gasteiger partial charge is 0.354 e. The molecule has 0 amide bonds. The van der Waals surface area contributed by atoms with Crippen LogP contribution in [-0.4, -0.2) is 31.2 Å². The lowest BCUT2D eigenvalue weighted by Gasteiger charge is -2.38. The van der Waals surface area contributed by atoms with Crippen molar-refractivity contribution in [2.45, 2.75) is 52.0 Å². The SMILES string of the molecule is CCC1CCCCC1N(C)c1nc(Nc2cccc(N=NCCN)c2C)c(C#N)cc1F. The predicted octanol–water partition coefficient (Wildman–Crippen LogP) is 5.59. The summed E-state index contributed by atoms with van der Waals surface area (Å²) in [6.45, 7) is 4.98.